The molecule has 0 saturated heterocycles. The van der Waals surface area contributed by atoms with E-state index in [2.05, 4.69) is 191 Å². The zero-order valence-electron chi connectivity index (χ0n) is 30.3. The molecule has 2 aliphatic rings. The third-order valence-electron chi connectivity index (χ3n) is 11.7. The Hall–Kier alpha value is -6.75. The fraction of sp³-hybridized carbons (Fsp3) is 0.0385. The molecule has 3 nitrogen and oxygen atoms in total. The van der Waals surface area contributed by atoms with Crippen LogP contribution in [0.2, 0.25) is 0 Å². The lowest BCUT2D eigenvalue weighted by atomic mass is 9.91. The van der Waals surface area contributed by atoms with Crippen LogP contribution >= 0.6 is 11.8 Å². The van der Waals surface area contributed by atoms with Crippen LogP contribution in [0.4, 0.5) is 11.4 Å². The summed E-state index contributed by atoms with van der Waals surface area (Å²) in [7, 11) is 0. The van der Waals surface area contributed by atoms with Gasteiger partial charge in [0.2, 0.25) is 0 Å². The normalized spacial score (nSPS) is 16.2. The highest BCUT2D eigenvalue weighted by Crippen LogP contribution is 2.50. The third kappa shape index (κ3) is 4.86. The van der Waals surface area contributed by atoms with Crippen LogP contribution in [0.25, 0.3) is 71.3 Å². The third-order valence-corrected chi connectivity index (χ3v) is 13.1. The zero-order valence-corrected chi connectivity index (χ0v) is 31.2. The average Bonchev–Trinajstić information content (AvgIpc) is 3.93. The van der Waals surface area contributed by atoms with Gasteiger partial charge in [0, 0.05) is 71.8 Å². The van der Waals surface area contributed by atoms with E-state index >= 15 is 0 Å². The molecule has 0 saturated carbocycles. The van der Waals surface area contributed by atoms with E-state index in [1.807, 2.05) is 23.9 Å². The van der Waals surface area contributed by atoms with Gasteiger partial charge in [-0.1, -0.05) is 127 Å². The predicted octanol–water partition coefficient (Wildman–Crippen LogP) is 14.4. The molecule has 10 aromatic rings. The fourth-order valence-corrected chi connectivity index (χ4v) is 10.4. The molecule has 2 atom stereocenters. The van der Waals surface area contributed by atoms with Gasteiger partial charge in [0.25, 0.3) is 0 Å². The SMILES string of the molecule is C1=CC2Sc3ccccc3C2C=C1N(c1ccc(-c2ccc(-n3c4ccccc4c4ccc5ccccc5c43)cc2)cc1)c1ccc2c(c1)oc1ccccc12. The van der Waals surface area contributed by atoms with Crippen molar-refractivity contribution in [2.45, 2.75) is 16.1 Å². The van der Waals surface area contributed by atoms with Crippen molar-refractivity contribution in [2.24, 2.45) is 0 Å². The number of hydrogen-bond acceptors (Lipinski definition) is 3. The number of nitrogens with zero attached hydrogens (tertiary/aromatic N) is 2. The standard InChI is InChI=1S/C52H34N2OS/c1-2-10-40-35(9-1)21-28-45-41-11-3-6-14-47(41)54(52(40)45)37-24-19-34(20-25-37)33-17-22-36(23-18-33)53(38-27-30-51-46(31-38)44-13-5-8-16-50(44)56-51)39-26-29-43-42-12-4-7-15-48(42)55-49(43)32-39/h1-32,46,51H. The first kappa shape index (κ1) is 31.6. The summed E-state index contributed by atoms with van der Waals surface area (Å²) in [6.07, 6.45) is 7.14. The van der Waals surface area contributed by atoms with Gasteiger partial charge >= 0.3 is 0 Å². The number of para-hydroxylation sites is 2. The quantitative estimate of drug-likeness (QED) is 0.176. The Morgan fingerprint density at radius 2 is 1.21 bits per heavy atom. The van der Waals surface area contributed by atoms with Crippen molar-refractivity contribution < 1.29 is 4.42 Å². The van der Waals surface area contributed by atoms with Crippen LogP contribution in [-0.2, 0) is 0 Å². The van der Waals surface area contributed by atoms with E-state index in [1.165, 1.54) is 54.2 Å². The monoisotopic (exact) mass is 734 g/mol. The summed E-state index contributed by atoms with van der Waals surface area (Å²) in [5, 5.41) is 7.73. The van der Waals surface area contributed by atoms with Crippen LogP contribution in [0.5, 0.6) is 0 Å². The van der Waals surface area contributed by atoms with Gasteiger partial charge in [-0.3, -0.25) is 0 Å². The van der Waals surface area contributed by atoms with Gasteiger partial charge in [0.15, 0.2) is 0 Å². The van der Waals surface area contributed by atoms with Crippen molar-refractivity contribution in [3.05, 3.63) is 205 Å². The van der Waals surface area contributed by atoms with Crippen molar-refractivity contribution in [3.8, 4) is 16.8 Å². The molecule has 0 N–H and O–H groups in total. The molecule has 0 spiro atoms. The first-order valence-electron chi connectivity index (χ1n) is 19.2. The minimum absolute atomic E-state index is 0.318. The van der Waals surface area contributed by atoms with Gasteiger partial charge in [-0.15, -0.1) is 11.8 Å². The number of aromatic nitrogens is 1. The second-order valence-electron chi connectivity index (χ2n) is 14.8. The van der Waals surface area contributed by atoms with Gasteiger partial charge in [-0.2, -0.15) is 0 Å². The second kappa shape index (κ2) is 12.4. The smallest absolute Gasteiger partial charge is 0.137 e. The Balaban J connectivity index is 0.939. The van der Waals surface area contributed by atoms with Crippen LogP contribution in [0, 0.1) is 0 Å². The molecule has 4 heteroatoms. The van der Waals surface area contributed by atoms with Crippen LogP contribution < -0.4 is 4.90 Å². The Labute approximate surface area is 328 Å². The number of fused-ring (bicyclic) bond motifs is 11. The maximum absolute atomic E-state index is 6.39. The summed E-state index contributed by atoms with van der Waals surface area (Å²) in [6, 6.07) is 63.8. The van der Waals surface area contributed by atoms with E-state index in [-0.39, 0.29) is 0 Å². The lowest BCUT2D eigenvalue weighted by molar-refractivity contribution is 0.669. The lowest BCUT2D eigenvalue weighted by Crippen LogP contribution is -2.20. The highest BCUT2D eigenvalue weighted by Gasteiger charge is 2.33. The summed E-state index contributed by atoms with van der Waals surface area (Å²) in [6.45, 7) is 0. The molecule has 8 aromatic carbocycles. The van der Waals surface area contributed by atoms with E-state index < -0.39 is 0 Å². The van der Waals surface area contributed by atoms with Gasteiger partial charge in [-0.25, -0.2) is 0 Å². The van der Waals surface area contributed by atoms with E-state index in [4.69, 9.17) is 4.42 Å². The molecular formula is C52H34N2OS. The van der Waals surface area contributed by atoms with Crippen molar-refractivity contribution >= 4 is 77.7 Å². The van der Waals surface area contributed by atoms with E-state index in [0.717, 1.165) is 44.7 Å². The van der Waals surface area contributed by atoms with Crippen LogP contribution in [0.15, 0.2) is 209 Å². The Kier molecular flexibility index (Phi) is 6.99. The number of furan rings is 1. The molecule has 1 aliphatic carbocycles. The number of benzene rings is 8. The van der Waals surface area contributed by atoms with Gasteiger partial charge in [-0.05, 0) is 82.7 Å². The molecule has 2 aromatic heterocycles. The topological polar surface area (TPSA) is 21.3 Å². The van der Waals surface area contributed by atoms with Crippen LogP contribution in [-0.4, -0.2) is 9.82 Å². The highest BCUT2D eigenvalue weighted by atomic mass is 32.2. The van der Waals surface area contributed by atoms with Gasteiger partial charge < -0.3 is 13.9 Å². The number of thioether (sulfide) groups is 1. The number of rotatable bonds is 5. The summed E-state index contributed by atoms with van der Waals surface area (Å²) in [4.78, 5) is 3.76. The molecule has 1 aliphatic heterocycles. The van der Waals surface area contributed by atoms with Crippen molar-refractivity contribution in [1.29, 1.82) is 0 Å². The van der Waals surface area contributed by atoms with Gasteiger partial charge in [0.05, 0.1) is 11.0 Å². The number of anilines is 2. The predicted molar refractivity (Wildman–Crippen MR) is 236 cm³/mol. The molecule has 3 heterocycles. The maximum atomic E-state index is 6.39. The van der Waals surface area contributed by atoms with Crippen LogP contribution in [0.3, 0.4) is 0 Å². The molecule has 2 unspecified atom stereocenters. The molecule has 0 fully saturated rings. The molecule has 0 amide bonds. The molecular weight excluding hydrogens is 701 g/mol. The first-order chi connectivity index (χ1) is 27.7. The fourth-order valence-electron chi connectivity index (χ4n) is 9.09. The minimum Gasteiger partial charge on any atom is -0.456 e. The van der Waals surface area contributed by atoms with E-state index in [9.17, 15) is 0 Å². The minimum atomic E-state index is 0.318. The largest absolute Gasteiger partial charge is 0.456 e. The highest BCUT2D eigenvalue weighted by molar-refractivity contribution is 8.00. The molecule has 264 valence electrons. The second-order valence-corrected chi connectivity index (χ2v) is 16.1. The summed E-state index contributed by atoms with van der Waals surface area (Å²) >= 11 is 1.96. The summed E-state index contributed by atoms with van der Waals surface area (Å²) in [5.41, 5.74) is 12.5. The number of allylic oxidation sites excluding steroid dienone is 2. The van der Waals surface area contributed by atoms with Gasteiger partial charge in [0.1, 0.15) is 11.2 Å². The van der Waals surface area contributed by atoms with E-state index in [0.29, 0.717) is 11.2 Å². The Bertz CT molecular complexity index is 3240. The van der Waals surface area contributed by atoms with Crippen molar-refractivity contribution in [3.63, 3.8) is 0 Å². The molecule has 0 radical (unpaired) electrons. The first-order valence-corrected chi connectivity index (χ1v) is 20.1. The van der Waals surface area contributed by atoms with Crippen molar-refractivity contribution in [1.82, 2.24) is 4.57 Å². The zero-order chi connectivity index (χ0) is 36.7. The molecule has 0 bridgehead atoms. The lowest BCUT2D eigenvalue weighted by Gasteiger charge is -2.30. The van der Waals surface area contributed by atoms with Crippen molar-refractivity contribution in [2.75, 3.05) is 4.90 Å². The maximum Gasteiger partial charge on any atom is 0.137 e. The Morgan fingerprint density at radius 1 is 0.536 bits per heavy atom. The number of hydrogen-bond donors (Lipinski definition) is 0. The summed E-state index contributed by atoms with van der Waals surface area (Å²) < 4.78 is 8.82. The van der Waals surface area contributed by atoms with E-state index in [1.54, 1.807) is 0 Å². The van der Waals surface area contributed by atoms with Crippen LogP contribution in [0.1, 0.15) is 11.5 Å². The molecule has 12 rings (SSSR count). The molecule has 56 heavy (non-hydrogen) atoms. The summed E-state index contributed by atoms with van der Waals surface area (Å²) in [5.74, 6) is 0.318. The average molecular weight is 735 g/mol. The Morgan fingerprint density at radius 3 is 2.09 bits per heavy atom.